The van der Waals surface area contributed by atoms with Gasteiger partial charge in [-0.15, -0.1) is 0 Å². The topological polar surface area (TPSA) is 121 Å². The van der Waals surface area contributed by atoms with Gasteiger partial charge in [0.25, 0.3) is 0 Å². The summed E-state index contributed by atoms with van der Waals surface area (Å²) in [4.78, 5) is 12.0. The van der Waals surface area contributed by atoms with E-state index in [0.29, 0.717) is 5.56 Å². The van der Waals surface area contributed by atoms with Gasteiger partial charge < -0.3 is 10.4 Å². The minimum atomic E-state index is -1.93. The summed E-state index contributed by atoms with van der Waals surface area (Å²) in [6.07, 6.45) is -0.328. The molecule has 7 heteroatoms. The van der Waals surface area contributed by atoms with Crippen molar-refractivity contribution in [2.24, 2.45) is 10.8 Å². The summed E-state index contributed by atoms with van der Waals surface area (Å²) in [6.45, 7) is 0. The highest BCUT2D eigenvalue weighted by atomic mass is 79.9. The number of rotatable bonds is 1. The number of amides is 1. The molecule has 1 aliphatic carbocycles. The van der Waals surface area contributed by atoms with Gasteiger partial charge >= 0.3 is 0 Å². The fourth-order valence-corrected chi connectivity index (χ4v) is 4.70. The normalized spacial score (nSPS) is 37.1. The number of halogens is 1. The van der Waals surface area contributed by atoms with Crippen molar-refractivity contribution in [1.29, 1.82) is 15.8 Å². The smallest absolute Gasteiger partial charge is 0.246 e. The van der Waals surface area contributed by atoms with Crippen molar-refractivity contribution in [3.8, 4) is 18.2 Å². The summed E-state index contributed by atoms with van der Waals surface area (Å²) in [6, 6.07) is 14.3. The van der Waals surface area contributed by atoms with E-state index in [9.17, 15) is 25.7 Å². The summed E-state index contributed by atoms with van der Waals surface area (Å²) in [7, 11) is 0. The molecule has 2 heterocycles. The Balaban J connectivity index is 2.36. The molecule has 2 aliphatic heterocycles. The van der Waals surface area contributed by atoms with Crippen molar-refractivity contribution in [3.05, 3.63) is 35.9 Å². The fraction of sp³-hybridized carbons (Fsp3) is 0.375. The molecule has 3 fully saturated rings. The first-order chi connectivity index (χ1) is 10.9. The molecule has 3 aliphatic rings. The van der Waals surface area contributed by atoms with Gasteiger partial charge in [-0.25, -0.2) is 0 Å². The first-order valence-electron chi connectivity index (χ1n) is 6.88. The van der Waals surface area contributed by atoms with Gasteiger partial charge in [0.15, 0.2) is 16.6 Å². The summed E-state index contributed by atoms with van der Waals surface area (Å²) >= 11 is 3.38. The lowest BCUT2D eigenvalue weighted by Crippen LogP contribution is -2.77. The second kappa shape index (κ2) is 4.80. The molecule has 0 unspecified atom stereocenters. The van der Waals surface area contributed by atoms with Crippen molar-refractivity contribution in [1.82, 2.24) is 5.32 Å². The lowest BCUT2D eigenvalue weighted by atomic mass is 9.47. The number of benzene rings is 1. The Morgan fingerprint density at radius 2 is 1.78 bits per heavy atom. The number of fused-ring (bicyclic) bond motifs is 3. The third kappa shape index (κ3) is 1.65. The molecule has 1 saturated carbocycles. The molecule has 114 valence electrons. The van der Waals surface area contributed by atoms with E-state index in [1.54, 1.807) is 30.3 Å². The monoisotopic (exact) mass is 370 g/mol. The molecule has 2 N–H and O–H groups in total. The Hall–Kier alpha value is -2.40. The Morgan fingerprint density at radius 3 is 2.30 bits per heavy atom. The van der Waals surface area contributed by atoms with Crippen LogP contribution in [-0.4, -0.2) is 21.6 Å². The van der Waals surface area contributed by atoms with Gasteiger partial charge in [0.2, 0.25) is 5.91 Å². The molecule has 1 amide bonds. The van der Waals surface area contributed by atoms with Gasteiger partial charge in [0.05, 0.1) is 23.0 Å². The standard InChI is InChI=1S/C16H11BrN4O2/c17-12-11(10-4-2-1-3-5-10)15(9-20)13(22)21-16(12,23)6-14(15,7-18)8-19/h1-5,11-12,23H,6H2,(H,21,22)/t11-,12-,15-,16+/m1/s1. The molecule has 4 rings (SSSR count). The van der Waals surface area contributed by atoms with Gasteiger partial charge in [-0.2, -0.15) is 15.8 Å². The van der Waals surface area contributed by atoms with E-state index in [1.807, 2.05) is 18.2 Å². The molecule has 6 nitrogen and oxygen atoms in total. The van der Waals surface area contributed by atoms with Crippen molar-refractivity contribution in [3.63, 3.8) is 0 Å². The molecular weight excluding hydrogens is 360 g/mol. The number of hydrogen-bond acceptors (Lipinski definition) is 5. The molecule has 1 aromatic carbocycles. The molecule has 0 aromatic heterocycles. The highest BCUT2D eigenvalue weighted by Gasteiger charge is 2.77. The van der Waals surface area contributed by atoms with Gasteiger partial charge in [-0.3, -0.25) is 4.79 Å². The maximum atomic E-state index is 12.7. The molecule has 0 spiro atoms. The van der Waals surface area contributed by atoms with Crippen LogP contribution in [0.1, 0.15) is 17.9 Å². The maximum Gasteiger partial charge on any atom is 0.246 e. The van der Waals surface area contributed by atoms with Crippen LogP contribution in [0.3, 0.4) is 0 Å². The molecule has 23 heavy (non-hydrogen) atoms. The quantitative estimate of drug-likeness (QED) is 0.721. The molecular formula is C16H11BrN4O2. The molecule has 1 aromatic rings. The van der Waals surface area contributed by atoms with Crippen molar-refractivity contribution in [2.75, 3.05) is 0 Å². The predicted octanol–water partition coefficient (Wildman–Crippen LogP) is 1.30. The number of alkyl halides is 1. The number of aliphatic hydroxyl groups is 1. The lowest BCUT2D eigenvalue weighted by molar-refractivity contribution is -0.172. The second-order valence-corrected chi connectivity index (χ2v) is 6.88. The molecule has 4 atom stereocenters. The molecule has 2 saturated heterocycles. The second-order valence-electron chi connectivity index (χ2n) is 5.89. The summed E-state index contributed by atoms with van der Waals surface area (Å²) < 4.78 is 0. The molecule has 0 radical (unpaired) electrons. The van der Waals surface area contributed by atoms with Crippen molar-refractivity contribution >= 4 is 21.8 Å². The van der Waals surface area contributed by atoms with E-state index < -0.39 is 33.2 Å². The van der Waals surface area contributed by atoms with Gasteiger partial charge in [-0.1, -0.05) is 46.3 Å². The maximum absolute atomic E-state index is 12.7. The zero-order valence-corrected chi connectivity index (χ0v) is 13.4. The predicted molar refractivity (Wildman–Crippen MR) is 81.3 cm³/mol. The minimum Gasteiger partial charge on any atom is -0.370 e. The number of nitrogens with zero attached hydrogens (tertiary/aromatic N) is 3. The average Bonchev–Trinajstić information content (AvgIpc) is 2.56. The number of carbonyl (C=O) groups excluding carboxylic acids is 1. The van der Waals surface area contributed by atoms with Crippen LogP contribution in [0.2, 0.25) is 0 Å². The minimum absolute atomic E-state index is 0.328. The van der Waals surface area contributed by atoms with Crippen LogP contribution in [0.4, 0.5) is 0 Å². The Labute approximate surface area is 141 Å². The van der Waals surface area contributed by atoms with Crippen LogP contribution in [0.15, 0.2) is 30.3 Å². The van der Waals surface area contributed by atoms with E-state index in [1.165, 1.54) is 0 Å². The van der Waals surface area contributed by atoms with Crippen LogP contribution in [0.25, 0.3) is 0 Å². The highest BCUT2D eigenvalue weighted by Crippen LogP contribution is 2.64. The van der Waals surface area contributed by atoms with Crippen molar-refractivity contribution < 1.29 is 9.90 Å². The fourth-order valence-electron chi connectivity index (χ4n) is 3.72. The first-order valence-corrected chi connectivity index (χ1v) is 7.80. The number of nitriles is 3. The highest BCUT2D eigenvalue weighted by molar-refractivity contribution is 9.09. The van der Waals surface area contributed by atoms with Crippen LogP contribution >= 0.6 is 15.9 Å². The Bertz CT molecular complexity index is 792. The Kier molecular flexibility index (Phi) is 3.23. The van der Waals surface area contributed by atoms with Gasteiger partial charge in [-0.05, 0) is 5.56 Å². The largest absolute Gasteiger partial charge is 0.370 e. The third-order valence-electron chi connectivity index (χ3n) is 4.83. The van der Waals surface area contributed by atoms with Crippen LogP contribution in [0, 0.1) is 44.8 Å². The van der Waals surface area contributed by atoms with Crippen LogP contribution in [0.5, 0.6) is 0 Å². The van der Waals surface area contributed by atoms with Gasteiger partial charge in [0.1, 0.15) is 0 Å². The number of hydrogen-bond donors (Lipinski definition) is 2. The van der Waals surface area contributed by atoms with Crippen LogP contribution in [-0.2, 0) is 4.79 Å². The summed E-state index contributed by atoms with van der Waals surface area (Å²) in [5, 5.41) is 42.3. The van der Waals surface area contributed by atoms with E-state index >= 15 is 0 Å². The van der Waals surface area contributed by atoms with E-state index in [2.05, 4.69) is 21.2 Å². The number of carbonyl (C=O) groups is 1. The summed E-state index contributed by atoms with van der Waals surface area (Å²) in [5.41, 5.74) is -5.00. The van der Waals surface area contributed by atoms with E-state index in [0.717, 1.165) is 0 Å². The zero-order valence-electron chi connectivity index (χ0n) is 11.8. The van der Waals surface area contributed by atoms with Gasteiger partial charge in [0, 0.05) is 12.3 Å². The average molecular weight is 371 g/mol. The lowest BCUT2D eigenvalue weighted by Gasteiger charge is -2.59. The molecule has 2 bridgehead atoms. The number of nitrogens with one attached hydrogen (secondary N) is 1. The van der Waals surface area contributed by atoms with Crippen LogP contribution < -0.4 is 5.32 Å². The van der Waals surface area contributed by atoms with E-state index in [4.69, 9.17) is 0 Å². The SMILES string of the molecule is N#CC1(C#N)C[C@@]2(O)NC(=O)[C@@]1(C#N)[C@H](c1ccccc1)[C@H]2Br. The first kappa shape index (κ1) is 15.5. The van der Waals surface area contributed by atoms with Crippen molar-refractivity contribution in [2.45, 2.75) is 22.9 Å². The number of piperidine rings is 2. The summed E-state index contributed by atoms with van der Waals surface area (Å²) in [5.74, 6) is -1.62. The van der Waals surface area contributed by atoms with E-state index in [-0.39, 0.29) is 6.42 Å². The third-order valence-corrected chi connectivity index (χ3v) is 6.11. The zero-order chi connectivity index (χ0) is 16.9. The Morgan fingerprint density at radius 1 is 1.17 bits per heavy atom.